The Hall–Kier alpha value is -4.12. The molecule has 10 atom stereocenters. The fourth-order valence-electron chi connectivity index (χ4n) is 6.31. The van der Waals surface area contributed by atoms with Crippen LogP contribution >= 0.6 is 0 Å². The minimum atomic E-state index is -1.49. The number of unbranched alkanes of at least 4 members (excludes halogenated alkanes) is 3. The van der Waals surface area contributed by atoms with Crippen molar-refractivity contribution in [1.82, 2.24) is 0 Å². The van der Waals surface area contributed by atoms with Gasteiger partial charge in [-0.1, -0.05) is 81.5 Å². The summed E-state index contributed by atoms with van der Waals surface area (Å²) < 4.78 is 60.9. The lowest BCUT2D eigenvalue weighted by atomic mass is 9.95. The number of azide groups is 1. The topological polar surface area (TPSA) is 192 Å². The third kappa shape index (κ3) is 12.2. The summed E-state index contributed by atoms with van der Waals surface area (Å²) in [5.74, 6) is -2.13. The second-order valence-corrected chi connectivity index (χ2v) is 13.3. The molecule has 56 heavy (non-hydrogen) atoms. The van der Waals surface area contributed by atoms with Crippen LogP contribution in [0.3, 0.4) is 0 Å². The maximum Gasteiger partial charge on any atom is 0.338 e. The van der Waals surface area contributed by atoms with E-state index in [0.29, 0.717) is 31.4 Å². The van der Waals surface area contributed by atoms with E-state index in [1.54, 1.807) is 60.7 Å². The lowest BCUT2D eigenvalue weighted by Gasteiger charge is -2.48. The number of esters is 3. The Labute approximate surface area is 327 Å². The van der Waals surface area contributed by atoms with Crippen LogP contribution in [0.25, 0.3) is 10.4 Å². The normalized spacial score (nSPS) is 27.4. The summed E-state index contributed by atoms with van der Waals surface area (Å²) in [6.07, 6.45) is -6.47. The van der Waals surface area contributed by atoms with Gasteiger partial charge in [0.25, 0.3) is 0 Å². The van der Waals surface area contributed by atoms with Gasteiger partial charge in [0.1, 0.15) is 37.1 Å². The van der Waals surface area contributed by atoms with Gasteiger partial charge in [-0.25, -0.2) is 14.4 Å². The first-order valence-corrected chi connectivity index (χ1v) is 19.3. The number of hydrogen-bond donors (Lipinski definition) is 0. The smallest absolute Gasteiger partial charge is 0.338 e. The minimum absolute atomic E-state index is 0.185. The average Bonchev–Trinajstić information content (AvgIpc) is 3.23. The quantitative estimate of drug-likeness (QED) is 0.0340. The van der Waals surface area contributed by atoms with Crippen LogP contribution in [0.15, 0.2) is 65.8 Å². The number of carbonyl (C=O) groups excluding carboxylic acids is 3. The second kappa shape index (κ2) is 23.8. The summed E-state index contributed by atoms with van der Waals surface area (Å²) in [4.78, 5) is 43.2. The standard InChI is InChI=1S/C40H55N3O13/c1-6-9-22-49-30-28(25-52-36(44)26-18-14-12-15-19-26)53-39(29(42-43-41)31(30)50-23-10-7-2)55-33-32(51-24-11-8-3)35(40(48-5)56-34(33)38(46)47-4)54-37(45)27-20-16-13-17-21-27/h12-21,28-35,39-40H,6-11,22-25H2,1-5H3/t28?,29?,30-,31-,32?,33+,34?,35+,39-,40-/m1/s1. The molecule has 16 nitrogen and oxygen atoms in total. The number of carbonyl (C=O) groups is 3. The third-order valence-electron chi connectivity index (χ3n) is 9.32. The van der Waals surface area contributed by atoms with Gasteiger partial charge < -0.3 is 47.4 Å². The molecule has 2 aromatic rings. The summed E-state index contributed by atoms with van der Waals surface area (Å²) >= 11 is 0. The summed E-state index contributed by atoms with van der Waals surface area (Å²) in [5.41, 5.74) is 10.5. The Morgan fingerprint density at radius 1 is 0.696 bits per heavy atom. The molecule has 4 unspecified atom stereocenters. The number of nitrogens with zero attached hydrogens (tertiary/aromatic N) is 3. The largest absolute Gasteiger partial charge is 0.467 e. The Balaban J connectivity index is 1.77. The first kappa shape index (κ1) is 44.6. The third-order valence-corrected chi connectivity index (χ3v) is 9.32. The van der Waals surface area contributed by atoms with E-state index >= 15 is 0 Å². The van der Waals surface area contributed by atoms with Crippen LogP contribution in [0.2, 0.25) is 0 Å². The van der Waals surface area contributed by atoms with Crippen LogP contribution in [0.5, 0.6) is 0 Å². The fourth-order valence-corrected chi connectivity index (χ4v) is 6.31. The average molecular weight is 786 g/mol. The zero-order valence-corrected chi connectivity index (χ0v) is 32.8. The fraction of sp³-hybridized carbons (Fsp3) is 0.625. The number of ether oxygens (including phenoxy) is 10. The van der Waals surface area contributed by atoms with Crippen molar-refractivity contribution >= 4 is 17.9 Å². The summed E-state index contributed by atoms with van der Waals surface area (Å²) in [5, 5.41) is 4.09. The number of hydrogen-bond acceptors (Lipinski definition) is 14. The number of rotatable bonds is 22. The summed E-state index contributed by atoms with van der Waals surface area (Å²) in [6, 6.07) is 15.6. The van der Waals surface area contributed by atoms with E-state index < -0.39 is 79.3 Å². The van der Waals surface area contributed by atoms with Gasteiger partial charge >= 0.3 is 17.9 Å². The van der Waals surface area contributed by atoms with Crippen LogP contribution in [0.4, 0.5) is 0 Å². The highest BCUT2D eigenvalue weighted by molar-refractivity contribution is 5.90. The Morgan fingerprint density at radius 3 is 1.79 bits per heavy atom. The van der Waals surface area contributed by atoms with Gasteiger partial charge in [-0.2, -0.15) is 0 Å². The highest BCUT2D eigenvalue weighted by Crippen LogP contribution is 2.36. The van der Waals surface area contributed by atoms with Crippen molar-refractivity contribution in [3.8, 4) is 0 Å². The van der Waals surface area contributed by atoms with Crippen LogP contribution in [0.1, 0.15) is 80.0 Å². The van der Waals surface area contributed by atoms with Crippen molar-refractivity contribution in [3.05, 3.63) is 82.2 Å². The molecule has 4 rings (SSSR count). The highest BCUT2D eigenvalue weighted by Gasteiger charge is 2.56. The van der Waals surface area contributed by atoms with Crippen molar-refractivity contribution in [3.63, 3.8) is 0 Å². The Kier molecular flexibility index (Phi) is 19.0. The molecule has 308 valence electrons. The molecule has 0 N–H and O–H groups in total. The SMILES string of the molecule is CCCCOC1[C@H](O[C@H]2OC(COC(=O)c3ccccc3)[C@@H](OCCCC)[C@H](OCCCC)C2N=[N+]=[N-])C(C(=O)OC)O[C@@H](OC)[C@H]1OC(=O)c1ccccc1. The molecule has 2 heterocycles. The Bertz CT molecular complexity index is 1530. The van der Waals surface area contributed by atoms with E-state index in [-0.39, 0.29) is 25.4 Å². The van der Waals surface area contributed by atoms with Gasteiger partial charge in [-0.3, -0.25) is 0 Å². The molecule has 2 aromatic carbocycles. The molecule has 16 heteroatoms. The highest BCUT2D eigenvalue weighted by atomic mass is 16.8. The van der Waals surface area contributed by atoms with E-state index in [1.165, 1.54) is 14.2 Å². The van der Waals surface area contributed by atoms with E-state index in [2.05, 4.69) is 10.0 Å². The zero-order valence-electron chi connectivity index (χ0n) is 32.8. The lowest BCUT2D eigenvalue weighted by molar-refractivity contribution is -0.344. The minimum Gasteiger partial charge on any atom is -0.467 e. The van der Waals surface area contributed by atoms with Crippen LogP contribution < -0.4 is 0 Å². The molecule has 2 fully saturated rings. The van der Waals surface area contributed by atoms with E-state index in [1.807, 2.05) is 20.8 Å². The number of methoxy groups -OCH3 is 2. The molecule has 0 amide bonds. The summed E-state index contributed by atoms with van der Waals surface area (Å²) in [6.45, 7) is 6.50. The van der Waals surface area contributed by atoms with Crippen molar-refractivity contribution in [2.75, 3.05) is 40.6 Å². The van der Waals surface area contributed by atoms with Crippen LogP contribution in [0, 0.1) is 0 Å². The maximum atomic E-state index is 13.5. The molecule has 2 saturated heterocycles. The molecule has 0 saturated carbocycles. The molecule has 0 aliphatic carbocycles. The van der Waals surface area contributed by atoms with Gasteiger partial charge in [-0.15, -0.1) is 0 Å². The van der Waals surface area contributed by atoms with E-state index in [0.717, 1.165) is 19.3 Å². The van der Waals surface area contributed by atoms with Crippen LogP contribution in [-0.4, -0.2) is 120 Å². The molecule has 0 aromatic heterocycles. The van der Waals surface area contributed by atoms with Crippen LogP contribution in [-0.2, 0) is 52.2 Å². The lowest BCUT2D eigenvalue weighted by Crippen LogP contribution is -2.66. The Morgan fingerprint density at radius 2 is 1.25 bits per heavy atom. The van der Waals surface area contributed by atoms with E-state index in [9.17, 15) is 19.9 Å². The number of benzene rings is 2. The predicted octanol–water partition coefficient (Wildman–Crippen LogP) is 5.96. The zero-order chi connectivity index (χ0) is 40.3. The first-order valence-electron chi connectivity index (χ1n) is 19.3. The molecule has 0 spiro atoms. The van der Waals surface area contributed by atoms with Gasteiger partial charge in [0.15, 0.2) is 24.8 Å². The van der Waals surface area contributed by atoms with E-state index in [4.69, 9.17) is 47.4 Å². The van der Waals surface area contributed by atoms with Crippen molar-refractivity contribution in [2.45, 2.75) is 121 Å². The molecule has 0 bridgehead atoms. The molecular formula is C40H55N3O13. The maximum absolute atomic E-state index is 13.5. The monoisotopic (exact) mass is 785 g/mol. The molecule has 2 aliphatic rings. The van der Waals surface area contributed by atoms with Gasteiger partial charge in [0.2, 0.25) is 0 Å². The van der Waals surface area contributed by atoms with Gasteiger partial charge in [-0.05, 0) is 49.1 Å². The molecule has 2 aliphatic heterocycles. The van der Waals surface area contributed by atoms with Crippen molar-refractivity contribution in [1.29, 1.82) is 0 Å². The van der Waals surface area contributed by atoms with Crippen molar-refractivity contribution < 1.29 is 61.8 Å². The predicted molar refractivity (Wildman–Crippen MR) is 200 cm³/mol. The second-order valence-electron chi connectivity index (χ2n) is 13.3. The first-order chi connectivity index (χ1) is 27.3. The molecular weight excluding hydrogens is 730 g/mol. The van der Waals surface area contributed by atoms with Crippen molar-refractivity contribution in [2.24, 2.45) is 5.11 Å². The summed E-state index contributed by atoms with van der Waals surface area (Å²) in [7, 11) is 2.53. The molecule has 0 radical (unpaired) electrons. The van der Waals surface area contributed by atoms with Gasteiger partial charge in [0.05, 0.1) is 24.3 Å². The van der Waals surface area contributed by atoms with Gasteiger partial charge in [0, 0.05) is 31.8 Å².